The lowest BCUT2D eigenvalue weighted by atomic mass is 10.1. The van der Waals surface area contributed by atoms with E-state index in [4.69, 9.17) is 11.6 Å². The fourth-order valence-corrected chi connectivity index (χ4v) is 2.68. The maximum atomic E-state index is 12.9. The molecule has 1 aromatic heterocycles. The monoisotopic (exact) mass is 383 g/mol. The van der Waals surface area contributed by atoms with E-state index in [-0.39, 0.29) is 11.7 Å². The SMILES string of the molecule is O=C(NCc1ccc(F)cc1)c1cncc(NCCc2ccc(Cl)cc2)c1. The highest BCUT2D eigenvalue weighted by atomic mass is 35.5. The van der Waals surface area contributed by atoms with Crippen molar-refractivity contribution in [3.63, 3.8) is 0 Å². The number of anilines is 1. The van der Waals surface area contributed by atoms with E-state index in [1.807, 2.05) is 24.3 Å². The van der Waals surface area contributed by atoms with Gasteiger partial charge in [-0.3, -0.25) is 9.78 Å². The minimum atomic E-state index is -0.299. The van der Waals surface area contributed by atoms with Crippen LogP contribution < -0.4 is 10.6 Å². The molecule has 0 radical (unpaired) electrons. The first-order chi connectivity index (χ1) is 13.1. The van der Waals surface area contributed by atoms with Crippen molar-refractivity contribution < 1.29 is 9.18 Å². The minimum Gasteiger partial charge on any atom is -0.383 e. The summed E-state index contributed by atoms with van der Waals surface area (Å²) in [5.41, 5.74) is 3.25. The van der Waals surface area contributed by atoms with Gasteiger partial charge in [-0.05, 0) is 47.9 Å². The van der Waals surface area contributed by atoms with Crippen LogP contribution >= 0.6 is 11.6 Å². The van der Waals surface area contributed by atoms with Crippen molar-refractivity contribution in [2.24, 2.45) is 0 Å². The Morgan fingerprint density at radius 1 is 1.00 bits per heavy atom. The van der Waals surface area contributed by atoms with Crippen molar-refractivity contribution in [3.8, 4) is 0 Å². The van der Waals surface area contributed by atoms with Crippen molar-refractivity contribution in [1.29, 1.82) is 0 Å². The number of rotatable bonds is 7. The number of amides is 1. The van der Waals surface area contributed by atoms with E-state index in [2.05, 4.69) is 15.6 Å². The van der Waals surface area contributed by atoms with Crippen LogP contribution in [0.25, 0.3) is 0 Å². The molecule has 3 rings (SSSR count). The fourth-order valence-electron chi connectivity index (χ4n) is 2.55. The van der Waals surface area contributed by atoms with Crippen LogP contribution in [-0.4, -0.2) is 17.4 Å². The summed E-state index contributed by atoms with van der Waals surface area (Å²) in [7, 11) is 0. The molecule has 0 bridgehead atoms. The van der Waals surface area contributed by atoms with Gasteiger partial charge in [0.1, 0.15) is 5.82 Å². The highest BCUT2D eigenvalue weighted by molar-refractivity contribution is 6.30. The van der Waals surface area contributed by atoms with Gasteiger partial charge in [-0.15, -0.1) is 0 Å². The molecule has 0 aliphatic heterocycles. The Morgan fingerprint density at radius 3 is 2.44 bits per heavy atom. The number of aromatic nitrogens is 1. The number of carbonyl (C=O) groups excluding carboxylic acids is 1. The molecular weight excluding hydrogens is 365 g/mol. The van der Waals surface area contributed by atoms with Gasteiger partial charge in [0.25, 0.3) is 5.91 Å². The lowest BCUT2D eigenvalue weighted by molar-refractivity contribution is 0.0950. The lowest BCUT2D eigenvalue weighted by Crippen LogP contribution is -2.23. The van der Waals surface area contributed by atoms with Crippen LogP contribution in [0.4, 0.5) is 10.1 Å². The van der Waals surface area contributed by atoms with Gasteiger partial charge in [-0.25, -0.2) is 4.39 Å². The number of benzene rings is 2. The molecule has 0 aliphatic carbocycles. The molecule has 1 amide bonds. The maximum absolute atomic E-state index is 12.9. The number of hydrogen-bond donors (Lipinski definition) is 2. The standard InChI is InChI=1S/C21H19ClFN3O/c22-18-5-1-15(2-6-18)9-10-25-20-11-17(13-24-14-20)21(27)26-12-16-3-7-19(23)8-4-16/h1-8,11,13-14,25H,9-10,12H2,(H,26,27). The van der Waals surface area contributed by atoms with Gasteiger partial charge in [-0.1, -0.05) is 35.9 Å². The molecule has 2 N–H and O–H groups in total. The average Bonchev–Trinajstić information content (AvgIpc) is 2.69. The van der Waals surface area contributed by atoms with E-state index in [0.29, 0.717) is 18.7 Å². The van der Waals surface area contributed by atoms with Crippen molar-refractivity contribution in [2.75, 3.05) is 11.9 Å². The lowest BCUT2D eigenvalue weighted by Gasteiger charge is -2.09. The quantitative estimate of drug-likeness (QED) is 0.633. The molecule has 2 aromatic carbocycles. The molecule has 0 saturated heterocycles. The zero-order valence-corrected chi connectivity index (χ0v) is 15.3. The zero-order valence-electron chi connectivity index (χ0n) is 14.6. The molecule has 0 spiro atoms. The number of halogens is 2. The summed E-state index contributed by atoms with van der Waals surface area (Å²) in [6.45, 7) is 1.04. The Balaban J connectivity index is 1.52. The van der Waals surface area contributed by atoms with Crippen LogP contribution in [0.3, 0.4) is 0 Å². The minimum absolute atomic E-state index is 0.229. The summed E-state index contributed by atoms with van der Waals surface area (Å²) in [4.78, 5) is 16.4. The summed E-state index contributed by atoms with van der Waals surface area (Å²) in [6, 6.07) is 15.5. The molecular formula is C21H19ClFN3O. The fraction of sp³-hybridized carbons (Fsp3) is 0.143. The predicted octanol–water partition coefficient (Wildman–Crippen LogP) is 4.46. The van der Waals surface area contributed by atoms with E-state index in [1.165, 1.54) is 23.9 Å². The van der Waals surface area contributed by atoms with Gasteiger partial charge in [0.05, 0.1) is 11.3 Å². The molecule has 27 heavy (non-hydrogen) atoms. The summed E-state index contributed by atoms with van der Waals surface area (Å²) in [5, 5.41) is 6.79. The molecule has 6 heteroatoms. The first kappa shape index (κ1) is 18.9. The zero-order chi connectivity index (χ0) is 19.1. The van der Waals surface area contributed by atoms with Gasteiger partial charge in [0.2, 0.25) is 0 Å². The number of pyridine rings is 1. The molecule has 0 fully saturated rings. The summed E-state index contributed by atoms with van der Waals surface area (Å²) in [5.74, 6) is -0.528. The highest BCUT2D eigenvalue weighted by Gasteiger charge is 2.07. The average molecular weight is 384 g/mol. The molecule has 0 unspecified atom stereocenters. The van der Waals surface area contributed by atoms with E-state index in [0.717, 1.165) is 22.7 Å². The Morgan fingerprint density at radius 2 is 1.70 bits per heavy atom. The van der Waals surface area contributed by atoms with Crippen LogP contribution in [0.5, 0.6) is 0 Å². The molecule has 0 saturated carbocycles. The summed E-state index contributed by atoms with van der Waals surface area (Å²) in [6.07, 6.45) is 4.03. The Kier molecular flexibility index (Phi) is 6.39. The first-order valence-electron chi connectivity index (χ1n) is 8.56. The number of nitrogens with one attached hydrogen (secondary N) is 2. The van der Waals surface area contributed by atoms with E-state index in [9.17, 15) is 9.18 Å². The maximum Gasteiger partial charge on any atom is 0.253 e. The predicted molar refractivity (Wildman–Crippen MR) is 105 cm³/mol. The number of carbonyl (C=O) groups is 1. The van der Waals surface area contributed by atoms with E-state index in [1.54, 1.807) is 24.4 Å². The topological polar surface area (TPSA) is 54.0 Å². The first-order valence-corrected chi connectivity index (χ1v) is 8.94. The molecule has 4 nitrogen and oxygen atoms in total. The second-order valence-electron chi connectivity index (χ2n) is 6.07. The van der Waals surface area contributed by atoms with Gasteiger partial charge >= 0.3 is 0 Å². The van der Waals surface area contributed by atoms with Gasteiger partial charge in [0.15, 0.2) is 0 Å². The van der Waals surface area contributed by atoms with E-state index >= 15 is 0 Å². The van der Waals surface area contributed by atoms with Crippen molar-refractivity contribution in [2.45, 2.75) is 13.0 Å². The number of hydrogen-bond acceptors (Lipinski definition) is 3. The Hall–Kier alpha value is -2.92. The summed E-state index contributed by atoms with van der Waals surface area (Å²) < 4.78 is 12.9. The Labute approximate surface area is 162 Å². The molecule has 0 aliphatic rings. The van der Waals surface area contributed by atoms with Gasteiger partial charge < -0.3 is 10.6 Å². The highest BCUT2D eigenvalue weighted by Crippen LogP contribution is 2.12. The second kappa shape index (κ2) is 9.14. The normalized spacial score (nSPS) is 10.4. The van der Waals surface area contributed by atoms with Crippen LogP contribution in [0.2, 0.25) is 5.02 Å². The molecule has 3 aromatic rings. The number of nitrogens with zero attached hydrogens (tertiary/aromatic N) is 1. The smallest absolute Gasteiger partial charge is 0.253 e. The van der Waals surface area contributed by atoms with Gasteiger partial charge in [0, 0.05) is 30.5 Å². The third kappa shape index (κ3) is 5.79. The van der Waals surface area contributed by atoms with Crippen LogP contribution in [0.1, 0.15) is 21.5 Å². The molecule has 1 heterocycles. The van der Waals surface area contributed by atoms with Crippen molar-refractivity contribution in [1.82, 2.24) is 10.3 Å². The van der Waals surface area contributed by atoms with Crippen LogP contribution in [0, 0.1) is 5.82 Å². The van der Waals surface area contributed by atoms with Gasteiger partial charge in [-0.2, -0.15) is 0 Å². The summed E-state index contributed by atoms with van der Waals surface area (Å²) >= 11 is 5.88. The Bertz CT molecular complexity index is 898. The van der Waals surface area contributed by atoms with Crippen LogP contribution in [-0.2, 0) is 13.0 Å². The third-order valence-corrected chi connectivity index (χ3v) is 4.27. The third-order valence-electron chi connectivity index (χ3n) is 4.02. The van der Waals surface area contributed by atoms with Crippen molar-refractivity contribution >= 4 is 23.2 Å². The van der Waals surface area contributed by atoms with Crippen molar-refractivity contribution in [3.05, 3.63) is 94.5 Å². The largest absolute Gasteiger partial charge is 0.383 e. The van der Waals surface area contributed by atoms with Crippen LogP contribution in [0.15, 0.2) is 67.0 Å². The second-order valence-corrected chi connectivity index (χ2v) is 6.51. The molecule has 0 atom stereocenters. The van der Waals surface area contributed by atoms with E-state index < -0.39 is 0 Å². The molecule has 138 valence electrons.